The third kappa shape index (κ3) is 6.33. The van der Waals surface area contributed by atoms with Gasteiger partial charge in [-0.3, -0.25) is 4.90 Å². The Hall–Kier alpha value is -3.92. The molecule has 1 N–H and O–H groups in total. The molecule has 1 saturated carbocycles. The van der Waals surface area contributed by atoms with E-state index in [2.05, 4.69) is 58.0 Å². The van der Waals surface area contributed by atoms with Crippen molar-refractivity contribution in [3.63, 3.8) is 0 Å². The van der Waals surface area contributed by atoms with Gasteiger partial charge in [0.1, 0.15) is 50.2 Å². The highest BCUT2D eigenvalue weighted by molar-refractivity contribution is 6.90. The summed E-state index contributed by atoms with van der Waals surface area (Å²) in [5, 5.41) is 12.1. The molecule has 0 spiro atoms. The van der Waals surface area contributed by atoms with Gasteiger partial charge in [0.15, 0.2) is 0 Å². The average molecular weight is 791 g/mol. The fourth-order valence-electron chi connectivity index (χ4n) is 10.4. The minimum Gasteiger partial charge on any atom is -0.508 e. The monoisotopic (exact) mass is 790 g/mol. The lowest BCUT2D eigenvalue weighted by molar-refractivity contribution is 0.107. The van der Waals surface area contributed by atoms with Crippen molar-refractivity contribution in [1.82, 2.24) is 14.9 Å². The SMILES string of the molecule is [2H]C([2H])(Oc1nc(N2CCOC[C@H]3[C@H](F)[C@H]32)c2cc(F)c(-c3cc(O)cc4ccc(F)c(C#C[Si](C(C)C)(C(C)C)C(C)C)c34)c(C)c2n1)[C@@]12CCCN1C[C@H](F)C2. The summed E-state index contributed by atoms with van der Waals surface area (Å²) in [6.07, 6.45) is -1.42. The van der Waals surface area contributed by atoms with Crippen molar-refractivity contribution in [2.24, 2.45) is 5.92 Å². The second-order valence-electron chi connectivity index (χ2n) is 17.2. The topological polar surface area (TPSA) is 71.0 Å². The molecule has 3 aliphatic heterocycles. The van der Waals surface area contributed by atoms with Gasteiger partial charge in [-0.1, -0.05) is 53.5 Å². The van der Waals surface area contributed by atoms with Crippen LogP contribution in [0.1, 0.15) is 74.7 Å². The van der Waals surface area contributed by atoms with Crippen molar-refractivity contribution in [3.05, 3.63) is 53.1 Å². The van der Waals surface area contributed by atoms with E-state index < -0.39 is 56.1 Å². The maximum absolute atomic E-state index is 17.1. The van der Waals surface area contributed by atoms with Gasteiger partial charge in [0.25, 0.3) is 0 Å². The summed E-state index contributed by atoms with van der Waals surface area (Å²) in [6.45, 7) is 13.6. The van der Waals surface area contributed by atoms with Crippen molar-refractivity contribution >= 4 is 35.6 Å². The van der Waals surface area contributed by atoms with Gasteiger partial charge in [-0.05, 0) is 83.7 Å². The van der Waals surface area contributed by atoms with E-state index in [0.717, 1.165) is 0 Å². The van der Waals surface area contributed by atoms with Crippen molar-refractivity contribution in [1.29, 1.82) is 0 Å². The first kappa shape index (κ1) is 36.4. The van der Waals surface area contributed by atoms with E-state index in [0.29, 0.717) is 30.2 Å². The molecule has 12 heteroatoms. The van der Waals surface area contributed by atoms with Crippen molar-refractivity contribution in [2.75, 3.05) is 44.3 Å². The van der Waals surface area contributed by atoms with Crippen LogP contribution in [-0.4, -0.2) is 91.4 Å². The van der Waals surface area contributed by atoms with Crippen molar-refractivity contribution in [3.8, 4) is 34.4 Å². The Morgan fingerprint density at radius 1 is 1.05 bits per heavy atom. The van der Waals surface area contributed by atoms with E-state index >= 15 is 13.2 Å². The zero-order valence-electron chi connectivity index (χ0n) is 35.1. The number of phenols is 1. The fraction of sp³-hybridized carbons (Fsp3) is 0.545. The number of aromatic hydroxyl groups is 1. The Morgan fingerprint density at radius 3 is 2.54 bits per heavy atom. The normalized spacial score (nSPS) is 26.0. The number of hydrogen-bond acceptors (Lipinski definition) is 7. The van der Waals surface area contributed by atoms with E-state index in [-0.39, 0.29) is 100 Å². The van der Waals surface area contributed by atoms with Crippen molar-refractivity contribution in [2.45, 2.75) is 108 Å². The fourth-order valence-corrected chi connectivity index (χ4v) is 15.6. The van der Waals surface area contributed by atoms with Gasteiger partial charge in [0.05, 0.1) is 38.6 Å². The van der Waals surface area contributed by atoms with Crippen LogP contribution in [0.15, 0.2) is 30.3 Å². The quantitative estimate of drug-likeness (QED) is 0.108. The summed E-state index contributed by atoms with van der Waals surface area (Å²) >= 11 is 0. The second-order valence-corrected chi connectivity index (χ2v) is 22.8. The summed E-state index contributed by atoms with van der Waals surface area (Å²) in [5.41, 5.74) is 4.02. The van der Waals surface area contributed by atoms with E-state index in [4.69, 9.17) is 14.5 Å². The van der Waals surface area contributed by atoms with Gasteiger partial charge in [0.2, 0.25) is 0 Å². The number of nitrogens with zero attached hydrogens (tertiary/aromatic N) is 4. The molecule has 0 unspecified atom stereocenters. The predicted octanol–water partition coefficient (Wildman–Crippen LogP) is 9.44. The van der Waals surface area contributed by atoms with Crippen LogP contribution in [0.2, 0.25) is 16.6 Å². The lowest BCUT2D eigenvalue weighted by Gasteiger charge is -2.38. The number of fused-ring (bicyclic) bond motifs is 4. The van der Waals surface area contributed by atoms with E-state index in [1.165, 1.54) is 30.3 Å². The first-order valence-electron chi connectivity index (χ1n) is 21.0. The van der Waals surface area contributed by atoms with Gasteiger partial charge in [0, 0.05) is 41.8 Å². The lowest BCUT2D eigenvalue weighted by Crippen LogP contribution is -2.43. The Balaban J connectivity index is 1.36. The summed E-state index contributed by atoms with van der Waals surface area (Å²) in [4.78, 5) is 12.9. The Labute approximate surface area is 330 Å². The molecule has 4 heterocycles. The van der Waals surface area contributed by atoms with Crippen molar-refractivity contribution < 1.29 is 34.9 Å². The third-order valence-corrected chi connectivity index (χ3v) is 19.4. The van der Waals surface area contributed by atoms with Crippen LogP contribution in [0, 0.1) is 35.9 Å². The van der Waals surface area contributed by atoms with Gasteiger partial charge in [-0.25, -0.2) is 17.6 Å². The van der Waals surface area contributed by atoms with Crippen LogP contribution < -0.4 is 9.64 Å². The molecule has 3 aromatic carbocycles. The molecule has 4 aromatic rings. The molecule has 0 radical (unpaired) electrons. The van der Waals surface area contributed by atoms with E-state index in [1.54, 1.807) is 16.7 Å². The Morgan fingerprint density at radius 2 is 1.80 bits per heavy atom. The molecule has 3 saturated heterocycles. The highest BCUT2D eigenvalue weighted by Crippen LogP contribution is 2.48. The number of ether oxygens (including phenoxy) is 2. The van der Waals surface area contributed by atoms with Gasteiger partial charge >= 0.3 is 6.01 Å². The maximum atomic E-state index is 17.1. The van der Waals surface area contributed by atoms with Crippen LogP contribution in [0.4, 0.5) is 23.4 Å². The predicted molar refractivity (Wildman–Crippen MR) is 216 cm³/mol. The molecule has 7 nitrogen and oxygen atoms in total. The van der Waals surface area contributed by atoms with E-state index in [9.17, 15) is 12.2 Å². The van der Waals surface area contributed by atoms with Crippen LogP contribution >= 0.6 is 0 Å². The average Bonchev–Trinajstić information content (AvgIpc) is 3.50. The summed E-state index contributed by atoms with van der Waals surface area (Å²) in [7, 11) is -2.35. The summed E-state index contributed by atoms with van der Waals surface area (Å²) < 4.78 is 93.7. The molecule has 0 amide bonds. The minimum atomic E-state index is -2.42. The minimum absolute atomic E-state index is 0.0317. The zero-order chi connectivity index (χ0) is 41.6. The lowest BCUT2D eigenvalue weighted by atomic mass is 9.90. The van der Waals surface area contributed by atoms with Crippen LogP contribution in [-0.2, 0) is 4.74 Å². The number of aromatic nitrogens is 2. The smallest absolute Gasteiger partial charge is 0.319 e. The first-order chi connectivity index (χ1) is 27.4. The number of halogens is 4. The standard InChI is InChI=1S/C44H52F4N4O3Si/c1-24(2)56(25(3)4,26(5)6)16-11-31-35(46)10-9-28-17-30(53)18-32(38(28)31)37-27(7)40-33(19-36(37)47)42(52-14-15-54-22-34-39(48)41(34)52)50-43(49-40)55-23-44-12-8-13-51(44)21-29(45)20-44/h9-10,17-19,24-26,29,34,39,41,53H,8,12-15,20-23H2,1-7H3/t29-,34+,39+,41+,44+/m1/s1/i23D2. The number of aryl methyl sites for hydroxylation is 1. The molecule has 298 valence electrons. The highest BCUT2D eigenvalue weighted by Gasteiger charge is 2.56. The summed E-state index contributed by atoms with van der Waals surface area (Å²) in [6, 6.07) is 6.06. The van der Waals surface area contributed by atoms with Crippen LogP contribution in [0.3, 0.4) is 0 Å². The molecule has 5 atom stereocenters. The number of phenolic OH excluding ortho intramolecular Hbond substituents is 1. The molecule has 4 aliphatic rings. The number of benzene rings is 3. The molecule has 8 rings (SSSR count). The highest BCUT2D eigenvalue weighted by atomic mass is 28.3. The van der Waals surface area contributed by atoms with Gasteiger partial charge < -0.3 is 19.5 Å². The molecular weight excluding hydrogens is 737 g/mol. The number of anilines is 1. The number of rotatable bonds is 8. The van der Waals surface area contributed by atoms with Gasteiger partial charge in [-0.15, -0.1) is 5.54 Å². The Bertz CT molecular complexity index is 2330. The molecule has 56 heavy (non-hydrogen) atoms. The number of alkyl halides is 2. The van der Waals surface area contributed by atoms with E-state index in [1.807, 2.05) is 0 Å². The molecule has 4 fully saturated rings. The second kappa shape index (κ2) is 14.5. The molecule has 1 aliphatic carbocycles. The Kier molecular flexibility index (Phi) is 9.41. The van der Waals surface area contributed by atoms with Gasteiger partial charge in [-0.2, -0.15) is 9.97 Å². The molecule has 0 bridgehead atoms. The van der Waals surface area contributed by atoms with Crippen LogP contribution in [0.5, 0.6) is 11.8 Å². The largest absolute Gasteiger partial charge is 0.508 e. The third-order valence-electron chi connectivity index (χ3n) is 13.1. The molecular formula is C44H52F4N4O3Si. The summed E-state index contributed by atoms with van der Waals surface area (Å²) in [5.74, 6) is 1.56. The van der Waals surface area contributed by atoms with Crippen LogP contribution in [0.25, 0.3) is 32.8 Å². The maximum Gasteiger partial charge on any atom is 0.319 e. The first-order valence-corrected chi connectivity index (χ1v) is 22.2. The number of hydrogen-bond donors (Lipinski definition) is 1. The molecule has 1 aromatic heterocycles. The zero-order valence-corrected chi connectivity index (χ0v) is 34.1.